The van der Waals surface area contributed by atoms with Gasteiger partial charge < -0.3 is 14.5 Å². The molecule has 1 fully saturated rings. The lowest BCUT2D eigenvalue weighted by molar-refractivity contribution is -0.153. The highest BCUT2D eigenvalue weighted by atomic mass is 16.5. The third kappa shape index (κ3) is 3.77. The molecule has 0 unspecified atom stereocenters. The average Bonchev–Trinajstić information content (AvgIpc) is 2.53. The minimum absolute atomic E-state index is 0.439. The van der Waals surface area contributed by atoms with Gasteiger partial charge in [0.2, 0.25) is 0 Å². The zero-order valence-corrected chi connectivity index (χ0v) is 11.6. The summed E-state index contributed by atoms with van der Waals surface area (Å²) in [6, 6.07) is 3.81. The fraction of sp³-hybridized carbons (Fsp3) is 0.500. The zero-order valence-electron chi connectivity index (χ0n) is 11.6. The molecule has 6 heteroatoms. The number of aromatic nitrogens is 1. The van der Waals surface area contributed by atoms with Crippen LogP contribution in [0.3, 0.4) is 0 Å². The first kappa shape index (κ1) is 14.5. The molecule has 0 bridgehead atoms. The van der Waals surface area contributed by atoms with Crippen LogP contribution in [-0.2, 0) is 20.7 Å². The fourth-order valence-electron chi connectivity index (χ4n) is 2.01. The van der Waals surface area contributed by atoms with Gasteiger partial charge in [-0.05, 0) is 24.1 Å². The summed E-state index contributed by atoms with van der Waals surface area (Å²) in [6.07, 6.45) is 4.15. The molecule has 0 N–H and O–H groups in total. The van der Waals surface area contributed by atoms with Crippen molar-refractivity contribution in [2.75, 3.05) is 39.9 Å². The van der Waals surface area contributed by atoms with Gasteiger partial charge in [0.25, 0.3) is 0 Å². The Morgan fingerprint density at radius 1 is 1.30 bits per heavy atom. The van der Waals surface area contributed by atoms with E-state index in [0.717, 1.165) is 5.56 Å². The molecular formula is C14H19N3O3. The first-order valence-electron chi connectivity index (χ1n) is 6.69. The van der Waals surface area contributed by atoms with Crippen LogP contribution in [0.1, 0.15) is 5.56 Å². The van der Waals surface area contributed by atoms with Crippen LogP contribution in [-0.4, -0.2) is 66.5 Å². The van der Waals surface area contributed by atoms with E-state index in [0.29, 0.717) is 39.3 Å². The van der Waals surface area contributed by atoms with Gasteiger partial charge in [-0.2, -0.15) is 0 Å². The molecule has 0 atom stereocenters. The van der Waals surface area contributed by atoms with Crippen LogP contribution < -0.4 is 0 Å². The van der Waals surface area contributed by atoms with Crippen molar-refractivity contribution in [3.63, 3.8) is 0 Å². The molecule has 20 heavy (non-hydrogen) atoms. The lowest BCUT2D eigenvalue weighted by atomic mass is 10.2. The maximum absolute atomic E-state index is 12.0. The molecule has 1 aromatic heterocycles. The quantitative estimate of drug-likeness (QED) is 0.726. The maximum Gasteiger partial charge on any atom is 0.312 e. The maximum atomic E-state index is 12.0. The van der Waals surface area contributed by atoms with Crippen molar-refractivity contribution in [2.24, 2.45) is 0 Å². The van der Waals surface area contributed by atoms with E-state index in [1.54, 1.807) is 24.3 Å². The molecular weight excluding hydrogens is 258 g/mol. The van der Waals surface area contributed by atoms with E-state index < -0.39 is 11.8 Å². The number of carbonyl (C=O) groups excluding carboxylic acids is 2. The average molecular weight is 277 g/mol. The first-order chi connectivity index (χ1) is 9.68. The highest BCUT2D eigenvalue weighted by molar-refractivity contribution is 6.34. The van der Waals surface area contributed by atoms with Crippen LogP contribution in [0, 0.1) is 0 Å². The minimum Gasteiger partial charge on any atom is -0.378 e. The van der Waals surface area contributed by atoms with Crippen LogP contribution >= 0.6 is 0 Å². The standard InChI is InChI=1S/C14H19N3O3/c1-16(7-4-12-2-5-15-6-3-12)13(18)14(19)17-8-10-20-11-9-17/h2-3,5-6H,4,7-11H2,1H3. The number of hydrogen-bond donors (Lipinski definition) is 0. The number of carbonyl (C=O) groups is 2. The number of likely N-dealkylation sites (N-methyl/N-ethyl adjacent to an activating group) is 1. The molecule has 2 rings (SSSR count). The minimum atomic E-state index is -0.457. The lowest BCUT2D eigenvalue weighted by Crippen LogP contribution is -2.48. The summed E-state index contributed by atoms with van der Waals surface area (Å²) in [6.45, 7) is 2.49. The Labute approximate surface area is 118 Å². The third-order valence-electron chi connectivity index (χ3n) is 3.31. The highest BCUT2D eigenvalue weighted by Crippen LogP contribution is 2.02. The van der Waals surface area contributed by atoms with Crippen LogP contribution in [0.25, 0.3) is 0 Å². The molecule has 0 aliphatic carbocycles. The first-order valence-corrected chi connectivity index (χ1v) is 6.69. The monoisotopic (exact) mass is 277 g/mol. The van der Waals surface area contributed by atoms with Gasteiger partial charge >= 0.3 is 11.8 Å². The van der Waals surface area contributed by atoms with Gasteiger partial charge in [-0.1, -0.05) is 0 Å². The highest BCUT2D eigenvalue weighted by Gasteiger charge is 2.26. The number of rotatable bonds is 3. The number of morpholine rings is 1. The van der Waals surface area contributed by atoms with Crippen molar-refractivity contribution in [1.29, 1.82) is 0 Å². The number of hydrogen-bond acceptors (Lipinski definition) is 4. The molecule has 0 radical (unpaired) electrons. The molecule has 108 valence electrons. The van der Waals surface area contributed by atoms with Gasteiger partial charge in [-0.3, -0.25) is 14.6 Å². The van der Waals surface area contributed by atoms with Gasteiger partial charge in [0.15, 0.2) is 0 Å². The van der Waals surface area contributed by atoms with Gasteiger partial charge in [-0.25, -0.2) is 0 Å². The smallest absolute Gasteiger partial charge is 0.312 e. The number of pyridine rings is 1. The molecule has 6 nitrogen and oxygen atoms in total. The molecule has 1 aliphatic heterocycles. The summed E-state index contributed by atoms with van der Waals surface area (Å²) in [5.74, 6) is -0.897. The lowest BCUT2D eigenvalue weighted by Gasteiger charge is -2.28. The van der Waals surface area contributed by atoms with Crippen LogP contribution in [0.15, 0.2) is 24.5 Å². The van der Waals surface area contributed by atoms with Crippen molar-refractivity contribution in [2.45, 2.75) is 6.42 Å². The molecule has 0 aromatic carbocycles. The van der Waals surface area contributed by atoms with E-state index in [1.807, 2.05) is 12.1 Å². The molecule has 1 saturated heterocycles. The third-order valence-corrected chi connectivity index (χ3v) is 3.31. The van der Waals surface area contributed by atoms with E-state index >= 15 is 0 Å². The summed E-state index contributed by atoms with van der Waals surface area (Å²) in [5, 5.41) is 0. The number of nitrogens with zero attached hydrogens (tertiary/aromatic N) is 3. The van der Waals surface area contributed by atoms with Gasteiger partial charge in [0.05, 0.1) is 13.2 Å². The Morgan fingerprint density at radius 3 is 2.60 bits per heavy atom. The molecule has 1 aliphatic rings. The van der Waals surface area contributed by atoms with Crippen molar-refractivity contribution < 1.29 is 14.3 Å². The SMILES string of the molecule is CN(CCc1ccncc1)C(=O)C(=O)N1CCOCC1. The fourth-order valence-corrected chi connectivity index (χ4v) is 2.01. The second-order valence-corrected chi connectivity index (χ2v) is 4.74. The number of amides is 2. The molecule has 2 amide bonds. The van der Waals surface area contributed by atoms with Crippen molar-refractivity contribution >= 4 is 11.8 Å². The van der Waals surface area contributed by atoms with Gasteiger partial charge in [0.1, 0.15) is 0 Å². The number of ether oxygens (including phenoxy) is 1. The van der Waals surface area contributed by atoms with Crippen molar-refractivity contribution in [3.05, 3.63) is 30.1 Å². The Morgan fingerprint density at radius 2 is 1.95 bits per heavy atom. The second kappa shape index (κ2) is 7.00. The predicted octanol–water partition coefficient (Wildman–Crippen LogP) is -0.0587. The van der Waals surface area contributed by atoms with Crippen LogP contribution in [0.4, 0.5) is 0 Å². The summed E-state index contributed by atoms with van der Waals surface area (Å²) in [4.78, 5) is 31.0. The summed E-state index contributed by atoms with van der Waals surface area (Å²) in [5.41, 5.74) is 1.10. The summed E-state index contributed by atoms with van der Waals surface area (Å²) in [7, 11) is 1.65. The van der Waals surface area contributed by atoms with Crippen molar-refractivity contribution in [3.8, 4) is 0 Å². The van der Waals surface area contributed by atoms with Crippen LogP contribution in [0.5, 0.6) is 0 Å². The Bertz CT molecular complexity index is 458. The van der Waals surface area contributed by atoms with Gasteiger partial charge in [0, 0.05) is 39.1 Å². The molecule has 0 saturated carbocycles. The van der Waals surface area contributed by atoms with Crippen molar-refractivity contribution in [1.82, 2.24) is 14.8 Å². The van der Waals surface area contributed by atoms with E-state index in [4.69, 9.17) is 4.74 Å². The normalized spacial score (nSPS) is 14.9. The van der Waals surface area contributed by atoms with Crippen LogP contribution in [0.2, 0.25) is 0 Å². The molecule has 0 spiro atoms. The van der Waals surface area contributed by atoms with E-state index in [9.17, 15) is 9.59 Å². The topological polar surface area (TPSA) is 62.7 Å². The second-order valence-electron chi connectivity index (χ2n) is 4.74. The van der Waals surface area contributed by atoms with E-state index in [-0.39, 0.29) is 0 Å². The van der Waals surface area contributed by atoms with E-state index in [2.05, 4.69) is 4.98 Å². The Balaban J connectivity index is 1.83. The zero-order chi connectivity index (χ0) is 14.4. The largest absolute Gasteiger partial charge is 0.378 e. The summed E-state index contributed by atoms with van der Waals surface area (Å²) < 4.78 is 5.17. The molecule has 1 aromatic rings. The van der Waals surface area contributed by atoms with E-state index in [1.165, 1.54) is 4.90 Å². The van der Waals surface area contributed by atoms with Gasteiger partial charge in [-0.15, -0.1) is 0 Å². The summed E-state index contributed by atoms with van der Waals surface area (Å²) >= 11 is 0. The predicted molar refractivity (Wildman–Crippen MR) is 73.0 cm³/mol. The Hall–Kier alpha value is -1.95. The molecule has 2 heterocycles. The Kier molecular flexibility index (Phi) is 5.06.